The van der Waals surface area contributed by atoms with Crippen LogP contribution < -0.4 is 14.8 Å². The Hall–Kier alpha value is -3.26. The quantitative estimate of drug-likeness (QED) is 0.353. The van der Waals surface area contributed by atoms with E-state index in [1.54, 1.807) is 13.2 Å². The van der Waals surface area contributed by atoms with E-state index in [4.69, 9.17) is 14.5 Å². The van der Waals surface area contributed by atoms with Crippen molar-refractivity contribution in [2.24, 2.45) is 4.99 Å². The number of ether oxygens (including phenoxy) is 2. The number of nitrogens with zero attached hydrogens (tertiary/aromatic N) is 2. The van der Waals surface area contributed by atoms with E-state index in [9.17, 15) is 9.59 Å². The van der Waals surface area contributed by atoms with Gasteiger partial charge in [0.05, 0.1) is 18.1 Å². The van der Waals surface area contributed by atoms with Crippen molar-refractivity contribution in [2.45, 2.75) is 83.2 Å². The summed E-state index contributed by atoms with van der Waals surface area (Å²) in [6.07, 6.45) is 13.5. The molecule has 2 aliphatic carbocycles. The molecular weight excluding hydrogens is 522 g/mol. The molecule has 1 aliphatic heterocycles. The van der Waals surface area contributed by atoms with Crippen LogP contribution in [0.3, 0.4) is 0 Å². The third kappa shape index (κ3) is 7.08. The summed E-state index contributed by atoms with van der Waals surface area (Å²) in [5.41, 5.74) is 2.69. The standard InChI is InChI=1S/C32H39N3O4S/c1-22-13-16-25(17-14-22)33-30(36)21-39-27-18-15-23(19-28(27)38-2)20-29-31(37)35(26-11-7-4-8-12-26)32(40-29)34-24-9-5-3-6-10-24/h13-20,24,26H,3-12,21H2,1-2H3,(H,33,36). The van der Waals surface area contributed by atoms with Crippen molar-refractivity contribution < 1.29 is 19.1 Å². The molecule has 5 rings (SSSR count). The van der Waals surface area contributed by atoms with Crippen molar-refractivity contribution >= 4 is 40.5 Å². The summed E-state index contributed by atoms with van der Waals surface area (Å²) in [5, 5.41) is 3.71. The highest BCUT2D eigenvalue weighted by Gasteiger charge is 2.39. The number of aryl methyl sites for hydroxylation is 1. The Morgan fingerprint density at radius 1 is 1.00 bits per heavy atom. The number of aliphatic imine (C=N–C) groups is 1. The highest BCUT2D eigenvalue weighted by Crippen LogP contribution is 2.39. The number of hydrogen-bond acceptors (Lipinski definition) is 6. The van der Waals surface area contributed by atoms with E-state index < -0.39 is 0 Å². The van der Waals surface area contributed by atoms with Crippen LogP contribution in [0.4, 0.5) is 5.69 Å². The van der Waals surface area contributed by atoms with E-state index in [0.29, 0.717) is 22.4 Å². The summed E-state index contributed by atoms with van der Waals surface area (Å²) in [6.45, 7) is 1.86. The summed E-state index contributed by atoms with van der Waals surface area (Å²) >= 11 is 1.51. The van der Waals surface area contributed by atoms with Crippen molar-refractivity contribution in [3.8, 4) is 11.5 Å². The van der Waals surface area contributed by atoms with Crippen LogP contribution in [-0.2, 0) is 9.59 Å². The van der Waals surface area contributed by atoms with Gasteiger partial charge in [0.15, 0.2) is 23.3 Å². The lowest BCUT2D eigenvalue weighted by molar-refractivity contribution is -0.124. The summed E-state index contributed by atoms with van der Waals surface area (Å²) in [4.78, 5) is 33.9. The van der Waals surface area contributed by atoms with E-state index >= 15 is 0 Å². The van der Waals surface area contributed by atoms with Crippen LogP contribution in [0.1, 0.15) is 75.3 Å². The van der Waals surface area contributed by atoms with Gasteiger partial charge in [-0.15, -0.1) is 0 Å². The van der Waals surface area contributed by atoms with E-state index in [0.717, 1.165) is 60.5 Å². The monoisotopic (exact) mass is 561 g/mol. The van der Waals surface area contributed by atoms with Crippen LogP contribution in [0.5, 0.6) is 11.5 Å². The normalized spacial score (nSPS) is 20.8. The molecule has 0 unspecified atom stereocenters. The second-order valence-electron chi connectivity index (χ2n) is 10.9. The third-order valence-electron chi connectivity index (χ3n) is 7.82. The molecule has 2 aromatic rings. The van der Waals surface area contributed by atoms with Crippen LogP contribution in [0.15, 0.2) is 52.4 Å². The maximum atomic E-state index is 13.7. The van der Waals surface area contributed by atoms with E-state index in [2.05, 4.69) is 5.32 Å². The Bertz CT molecular complexity index is 1260. The van der Waals surface area contributed by atoms with Crippen molar-refractivity contribution in [3.63, 3.8) is 0 Å². The lowest BCUT2D eigenvalue weighted by Gasteiger charge is -2.31. The Morgan fingerprint density at radius 2 is 1.70 bits per heavy atom. The molecule has 2 amide bonds. The van der Waals surface area contributed by atoms with Gasteiger partial charge in [0.2, 0.25) is 0 Å². The van der Waals surface area contributed by atoms with Crippen molar-refractivity contribution in [1.29, 1.82) is 0 Å². The van der Waals surface area contributed by atoms with Crippen LogP contribution in [-0.4, -0.2) is 47.7 Å². The fourth-order valence-electron chi connectivity index (χ4n) is 5.63. The van der Waals surface area contributed by atoms with E-state index in [-0.39, 0.29) is 24.5 Å². The minimum absolute atomic E-state index is 0.0542. The summed E-state index contributed by atoms with van der Waals surface area (Å²) < 4.78 is 11.3. The lowest BCUT2D eigenvalue weighted by atomic mass is 9.94. The summed E-state index contributed by atoms with van der Waals surface area (Å²) in [6, 6.07) is 13.7. The zero-order valence-corrected chi connectivity index (χ0v) is 24.3. The largest absolute Gasteiger partial charge is 0.493 e. The van der Waals surface area contributed by atoms with Crippen molar-refractivity contribution in [2.75, 3.05) is 19.0 Å². The van der Waals surface area contributed by atoms with Crippen molar-refractivity contribution in [3.05, 3.63) is 58.5 Å². The molecule has 0 spiro atoms. The number of carbonyl (C=O) groups excluding carboxylic acids is 2. The SMILES string of the molecule is COc1cc(C=C2SC(=NC3CCCCC3)N(C3CCCCC3)C2=O)ccc1OCC(=O)Nc1ccc(C)cc1. The maximum absolute atomic E-state index is 13.7. The average Bonchev–Trinajstić information content (AvgIpc) is 3.28. The number of methoxy groups -OCH3 is 1. The fraction of sp³-hybridized carbons (Fsp3) is 0.469. The Morgan fingerprint density at radius 3 is 2.40 bits per heavy atom. The molecule has 40 heavy (non-hydrogen) atoms. The van der Waals surface area contributed by atoms with Gasteiger partial charge >= 0.3 is 0 Å². The number of anilines is 1. The number of thioether (sulfide) groups is 1. The molecule has 1 heterocycles. The minimum Gasteiger partial charge on any atom is -0.493 e. The first-order chi connectivity index (χ1) is 19.5. The van der Waals surface area contributed by atoms with Gasteiger partial charge in [-0.1, -0.05) is 62.3 Å². The number of hydrogen-bond donors (Lipinski definition) is 1. The highest BCUT2D eigenvalue weighted by molar-refractivity contribution is 8.18. The number of benzene rings is 2. The lowest BCUT2D eigenvalue weighted by Crippen LogP contribution is -2.41. The maximum Gasteiger partial charge on any atom is 0.266 e. The second-order valence-corrected chi connectivity index (χ2v) is 11.9. The Kier molecular flexibility index (Phi) is 9.47. The Labute approximate surface area is 241 Å². The van der Waals surface area contributed by atoms with Gasteiger partial charge < -0.3 is 14.8 Å². The first-order valence-electron chi connectivity index (χ1n) is 14.5. The minimum atomic E-state index is -0.252. The molecule has 1 saturated heterocycles. The molecule has 2 saturated carbocycles. The number of rotatable bonds is 8. The number of amidine groups is 1. The van der Waals surface area contributed by atoms with Crippen molar-refractivity contribution in [1.82, 2.24) is 4.90 Å². The molecule has 7 nitrogen and oxygen atoms in total. The number of nitrogens with one attached hydrogen (secondary N) is 1. The summed E-state index contributed by atoms with van der Waals surface area (Å²) in [5.74, 6) is 0.779. The average molecular weight is 562 g/mol. The number of carbonyl (C=O) groups is 2. The topological polar surface area (TPSA) is 80.2 Å². The van der Waals surface area contributed by atoms with Gasteiger partial charge in [-0.05, 0) is 80.3 Å². The fourth-order valence-corrected chi connectivity index (χ4v) is 6.74. The molecule has 212 valence electrons. The second kappa shape index (κ2) is 13.4. The van der Waals surface area contributed by atoms with E-state index in [1.807, 2.05) is 54.3 Å². The molecule has 0 atom stereocenters. The smallest absolute Gasteiger partial charge is 0.266 e. The zero-order chi connectivity index (χ0) is 27.9. The molecule has 0 bridgehead atoms. The third-order valence-corrected chi connectivity index (χ3v) is 8.82. The van der Waals surface area contributed by atoms with Gasteiger partial charge in [0.1, 0.15) is 0 Å². The number of amides is 2. The summed E-state index contributed by atoms with van der Waals surface area (Å²) in [7, 11) is 1.57. The van der Waals surface area contributed by atoms with Crippen LogP contribution in [0, 0.1) is 6.92 Å². The predicted octanol–water partition coefficient (Wildman–Crippen LogP) is 6.96. The van der Waals surface area contributed by atoms with Gasteiger partial charge in [-0.25, -0.2) is 0 Å². The van der Waals surface area contributed by atoms with Crippen LogP contribution in [0.2, 0.25) is 0 Å². The van der Waals surface area contributed by atoms with Gasteiger partial charge in [-0.3, -0.25) is 19.5 Å². The predicted molar refractivity (Wildman–Crippen MR) is 162 cm³/mol. The molecule has 2 aromatic carbocycles. The zero-order valence-electron chi connectivity index (χ0n) is 23.5. The molecule has 0 radical (unpaired) electrons. The molecule has 3 aliphatic rings. The molecule has 8 heteroatoms. The highest BCUT2D eigenvalue weighted by atomic mass is 32.2. The molecular formula is C32H39N3O4S. The molecule has 0 aromatic heterocycles. The van der Waals surface area contributed by atoms with Gasteiger partial charge in [0.25, 0.3) is 11.8 Å². The molecule has 1 N–H and O–H groups in total. The van der Waals surface area contributed by atoms with Crippen LogP contribution >= 0.6 is 11.8 Å². The first kappa shape index (κ1) is 28.3. The van der Waals surface area contributed by atoms with Gasteiger partial charge in [-0.2, -0.15) is 0 Å². The first-order valence-corrected chi connectivity index (χ1v) is 15.3. The van der Waals surface area contributed by atoms with Gasteiger partial charge in [0, 0.05) is 11.7 Å². The molecule has 3 fully saturated rings. The van der Waals surface area contributed by atoms with Crippen LogP contribution in [0.25, 0.3) is 6.08 Å². The Balaban J connectivity index is 1.29. The van der Waals surface area contributed by atoms with E-state index in [1.165, 1.54) is 37.4 Å².